The van der Waals surface area contributed by atoms with E-state index in [0.29, 0.717) is 0 Å². The van der Waals surface area contributed by atoms with Gasteiger partial charge in [-0.15, -0.1) is 0 Å². The summed E-state index contributed by atoms with van der Waals surface area (Å²) in [5, 5.41) is 18.8. The average Bonchev–Trinajstić information content (AvgIpc) is 2.19. The van der Waals surface area contributed by atoms with Gasteiger partial charge in [0, 0.05) is 12.5 Å². The summed E-state index contributed by atoms with van der Waals surface area (Å²) in [5.74, 6) is 0.0167. The number of unbranched alkanes of at least 4 members (excludes halogenated alkanes) is 2. The second kappa shape index (κ2) is 9.22. The summed E-state index contributed by atoms with van der Waals surface area (Å²) in [6.07, 6.45) is 8.54. The molecule has 2 atom stereocenters. The molecule has 2 N–H and O–H groups in total. The number of hydrogen-bond donors (Lipinski definition) is 2. The molecule has 0 aliphatic heterocycles. The Morgan fingerprint density at radius 2 is 1.93 bits per heavy atom. The van der Waals surface area contributed by atoms with Crippen LogP contribution in [0.1, 0.15) is 46.0 Å². The van der Waals surface area contributed by atoms with Gasteiger partial charge in [-0.05, 0) is 12.8 Å². The first kappa shape index (κ1) is 13.7. The van der Waals surface area contributed by atoms with Gasteiger partial charge in [0.2, 0.25) is 0 Å². The number of aliphatic hydroxyl groups is 2. The van der Waals surface area contributed by atoms with Crippen molar-refractivity contribution in [3.8, 4) is 0 Å². The molecular formula is C12H24O2. The third kappa shape index (κ3) is 6.17. The number of hydrogen-bond acceptors (Lipinski definition) is 2. The maximum absolute atomic E-state index is 9.72. The lowest BCUT2D eigenvalue weighted by Gasteiger charge is -2.17. The Balaban J connectivity index is 3.83. The van der Waals surface area contributed by atoms with E-state index >= 15 is 0 Å². The predicted molar refractivity (Wildman–Crippen MR) is 60.2 cm³/mol. The molecule has 2 nitrogen and oxygen atoms in total. The molecule has 2 heteroatoms. The van der Waals surface area contributed by atoms with E-state index < -0.39 is 6.10 Å². The van der Waals surface area contributed by atoms with Crippen molar-refractivity contribution in [2.75, 3.05) is 6.61 Å². The van der Waals surface area contributed by atoms with Crippen LogP contribution in [0.3, 0.4) is 0 Å². The van der Waals surface area contributed by atoms with E-state index in [1.54, 1.807) is 0 Å². The van der Waals surface area contributed by atoms with Crippen molar-refractivity contribution in [2.24, 2.45) is 5.92 Å². The molecule has 0 aromatic heterocycles. The van der Waals surface area contributed by atoms with Crippen LogP contribution in [0.2, 0.25) is 0 Å². The van der Waals surface area contributed by atoms with E-state index in [9.17, 15) is 5.11 Å². The molecule has 84 valence electrons. The summed E-state index contributed by atoms with van der Waals surface area (Å²) in [6, 6.07) is 0. The topological polar surface area (TPSA) is 40.5 Å². The quantitative estimate of drug-likeness (QED) is 0.591. The van der Waals surface area contributed by atoms with Crippen molar-refractivity contribution in [2.45, 2.75) is 52.1 Å². The molecule has 0 saturated heterocycles. The highest BCUT2D eigenvalue weighted by Crippen LogP contribution is 2.13. The molecule has 0 amide bonds. The molecule has 0 saturated carbocycles. The fourth-order valence-corrected chi connectivity index (χ4v) is 1.40. The molecule has 0 aromatic rings. The fourth-order valence-electron chi connectivity index (χ4n) is 1.40. The van der Waals surface area contributed by atoms with Crippen LogP contribution in [0, 0.1) is 5.92 Å². The summed E-state index contributed by atoms with van der Waals surface area (Å²) in [7, 11) is 0. The van der Waals surface area contributed by atoms with E-state index in [0.717, 1.165) is 32.1 Å². The van der Waals surface area contributed by atoms with E-state index in [1.807, 2.05) is 12.2 Å². The minimum absolute atomic E-state index is 0.0167. The smallest absolute Gasteiger partial charge is 0.0770 e. The molecule has 14 heavy (non-hydrogen) atoms. The van der Waals surface area contributed by atoms with Gasteiger partial charge in [0.05, 0.1) is 6.10 Å². The highest BCUT2D eigenvalue weighted by Gasteiger charge is 2.14. The summed E-state index contributed by atoms with van der Waals surface area (Å²) in [5.41, 5.74) is 0. The van der Waals surface area contributed by atoms with Gasteiger partial charge >= 0.3 is 0 Å². The number of allylic oxidation sites excluding steroid dienone is 1. The minimum atomic E-state index is -0.474. The zero-order valence-corrected chi connectivity index (χ0v) is 9.45. The summed E-state index contributed by atoms with van der Waals surface area (Å²) < 4.78 is 0. The van der Waals surface area contributed by atoms with Gasteiger partial charge in [0.25, 0.3) is 0 Å². The summed E-state index contributed by atoms with van der Waals surface area (Å²) >= 11 is 0. The number of rotatable bonds is 8. The normalized spacial score (nSPS) is 16.0. The van der Waals surface area contributed by atoms with E-state index in [2.05, 4.69) is 13.8 Å². The van der Waals surface area contributed by atoms with Crippen LogP contribution in [0.5, 0.6) is 0 Å². The SMILES string of the molecule is CCC/C=C/C(O)C(CO)CCCC. The molecule has 0 aromatic carbocycles. The molecule has 0 rings (SSSR count). The zero-order valence-electron chi connectivity index (χ0n) is 9.45. The average molecular weight is 200 g/mol. The van der Waals surface area contributed by atoms with Crippen molar-refractivity contribution in [3.63, 3.8) is 0 Å². The van der Waals surface area contributed by atoms with Gasteiger partial charge in [0.15, 0.2) is 0 Å². The molecule has 0 heterocycles. The first-order valence-corrected chi connectivity index (χ1v) is 5.71. The third-order valence-corrected chi connectivity index (χ3v) is 2.43. The molecule has 2 unspecified atom stereocenters. The van der Waals surface area contributed by atoms with E-state index in [-0.39, 0.29) is 12.5 Å². The van der Waals surface area contributed by atoms with Crippen molar-refractivity contribution in [1.82, 2.24) is 0 Å². The van der Waals surface area contributed by atoms with Crippen LogP contribution < -0.4 is 0 Å². The Bertz CT molecular complexity index is 143. The first-order valence-electron chi connectivity index (χ1n) is 5.71. The molecule has 0 bridgehead atoms. The standard InChI is InChI=1S/C12H24O2/c1-3-5-7-9-12(14)11(10-13)8-6-4-2/h7,9,11-14H,3-6,8,10H2,1-2H3/b9-7+. The predicted octanol–water partition coefficient (Wildman–Crippen LogP) is 2.50. The zero-order chi connectivity index (χ0) is 10.8. The van der Waals surface area contributed by atoms with E-state index in [1.165, 1.54) is 0 Å². The van der Waals surface area contributed by atoms with Gasteiger partial charge in [-0.1, -0.05) is 45.3 Å². The summed E-state index contributed by atoms with van der Waals surface area (Å²) in [4.78, 5) is 0. The van der Waals surface area contributed by atoms with Gasteiger partial charge in [0.1, 0.15) is 0 Å². The monoisotopic (exact) mass is 200 g/mol. The van der Waals surface area contributed by atoms with Gasteiger partial charge in [-0.2, -0.15) is 0 Å². The second-order valence-electron chi connectivity index (χ2n) is 3.79. The Morgan fingerprint density at radius 3 is 2.43 bits per heavy atom. The van der Waals surface area contributed by atoms with Crippen molar-refractivity contribution in [1.29, 1.82) is 0 Å². The van der Waals surface area contributed by atoms with Crippen LogP contribution in [-0.4, -0.2) is 22.9 Å². The fraction of sp³-hybridized carbons (Fsp3) is 0.833. The molecule has 0 fully saturated rings. The van der Waals surface area contributed by atoms with Crippen LogP contribution in [-0.2, 0) is 0 Å². The van der Waals surface area contributed by atoms with Gasteiger partial charge < -0.3 is 10.2 Å². The van der Waals surface area contributed by atoms with Crippen LogP contribution in [0.15, 0.2) is 12.2 Å². The summed E-state index contributed by atoms with van der Waals surface area (Å²) in [6.45, 7) is 4.31. The Labute approximate surface area is 87.7 Å². The lowest BCUT2D eigenvalue weighted by molar-refractivity contribution is 0.0934. The Kier molecular flexibility index (Phi) is 9.00. The van der Waals surface area contributed by atoms with Gasteiger partial charge in [-0.25, -0.2) is 0 Å². The molecule has 0 radical (unpaired) electrons. The Hall–Kier alpha value is -0.340. The van der Waals surface area contributed by atoms with Crippen molar-refractivity contribution in [3.05, 3.63) is 12.2 Å². The first-order chi connectivity index (χ1) is 6.76. The largest absolute Gasteiger partial charge is 0.396 e. The highest BCUT2D eigenvalue weighted by molar-refractivity contribution is 4.91. The maximum atomic E-state index is 9.72. The van der Waals surface area contributed by atoms with E-state index in [4.69, 9.17) is 5.11 Å². The van der Waals surface area contributed by atoms with Crippen LogP contribution in [0.4, 0.5) is 0 Å². The maximum Gasteiger partial charge on any atom is 0.0770 e. The van der Waals surface area contributed by atoms with Gasteiger partial charge in [-0.3, -0.25) is 0 Å². The number of aliphatic hydroxyl groups excluding tert-OH is 2. The van der Waals surface area contributed by atoms with Crippen molar-refractivity contribution >= 4 is 0 Å². The highest BCUT2D eigenvalue weighted by atomic mass is 16.3. The molecule has 0 aliphatic rings. The molecule has 0 aliphatic carbocycles. The lowest BCUT2D eigenvalue weighted by Crippen LogP contribution is -2.21. The molecular weight excluding hydrogens is 176 g/mol. The Morgan fingerprint density at radius 1 is 1.21 bits per heavy atom. The lowest BCUT2D eigenvalue weighted by atomic mass is 9.96. The van der Waals surface area contributed by atoms with Crippen molar-refractivity contribution < 1.29 is 10.2 Å². The van der Waals surface area contributed by atoms with Crippen LogP contribution in [0.25, 0.3) is 0 Å². The molecule has 0 spiro atoms. The second-order valence-corrected chi connectivity index (χ2v) is 3.79. The third-order valence-electron chi connectivity index (χ3n) is 2.43. The van der Waals surface area contributed by atoms with Crippen LogP contribution >= 0.6 is 0 Å². The minimum Gasteiger partial charge on any atom is -0.396 e.